The second-order valence-electron chi connectivity index (χ2n) is 6.66. The number of hydrogen-bond acceptors (Lipinski definition) is 4. The highest BCUT2D eigenvalue weighted by molar-refractivity contribution is 5.94. The highest BCUT2D eigenvalue weighted by Crippen LogP contribution is 2.11. The second-order valence-corrected chi connectivity index (χ2v) is 6.66. The van der Waals surface area contributed by atoms with E-state index in [1.165, 1.54) is 18.2 Å². The number of halogens is 1. The number of aryl methyl sites for hydroxylation is 2. The van der Waals surface area contributed by atoms with Gasteiger partial charge in [0, 0.05) is 24.0 Å². The van der Waals surface area contributed by atoms with Crippen molar-refractivity contribution in [2.75, 3.05) is 13.1 Å². The van der Waals surface area contributed by atoms with Gasteiger partial charge in [0.25, 0.3) is 11.5 Å². The molecule has 0 aliphatic carbocycles. The normalized spacial score (nSPS) is 10.7. The zero-order chi connectivity index (χ0) is 21.0. The number of carbonyl (C=O) groups excluding carboxylic acids is 2. The standard InChI is InChI=1S/C21H21FN4O3/c1-13-7-8-15(11-18(13)22)20(28)24-10-9-23-19(27)12-26-21(29)17-6-4-3-5-16(17)14(2)25-26/h3-8,11H,9-10,12H2,1-2H3,(H,23,27)(H,24,28). The predicted molar refractivity (Wildman–Crippen MR) is 107 cm³/mol. The number of aromatic nitrogens is 2. The van der Waals surface area contributed by atoms with Crippen LogP contribution in [0.4, 0.5) is 4.39 Å². The van der Waals surface area contributed by atoms with Crippen LogP contribution in [0.1, 0.15) is 21.6 Å². The Bertz CT molecular complexity index is 1140. The van der Waals surface area contributed by atoms with Crippen molar-refractivity contribution in [1.82, 2.24) is 20.4 Å². The summed E-state index contributed by atoms with van der Waals surface area (Å²) in [6.45, 7) is 3.50. The number of fused-ring (bicyclic) bond motifs is 1. The van der Waals surface area contributed by atoms with Crippen LogP contribution in [-0.4, -0.2) is 34.7 Å². The van der Waals surface area contributed by atoms with Gasteiger partial charge in [-0.1, -0.05) is 24.3 Å². The molecule has 2 amide bonds. The molecular weight excluding hydrogens is 375 g/mol. The maximum absolute atomic E-state index is 13.5. The minimum absolute atomic E-state index is 0.166. The molecule has 0 fully saturated rings. The SMILES string of the molecule is Cc1ccc(C(=O)NCCNC(=O)Cn2nc(C)c3ccccc3c2=O)cc1F. The van der Waals surface area contributed by atoms with E-state index in [2.05, 4.69) is 15.7 Å². The maximum atomic E-state index is 13.5. The van der Waals surface area contributed by atoms with Gasteiger partial charge in [-0.2, -0.15) is 5.10 Å². The molecule has 3 rings (SSSR count). The van der Waals surface area contributed by atoms with Gasteiger partial charge in [-0.3, -0.25) is 14.4 Å². The molecule has 0 bridgehead atoms. The predicted octanol–water partition coefficient (Wildman–Crippen LogP) is 1.70. The van der Waals surface area contributed by atoms with Crippen LogP contribution >= 0.6 is 0 Å². The van der Waals surface area contributed by atoms with Crippen molar-refractivity contribution in [2.24, 2.45) is 0 Å². The van der Waals surface area contributed by atoms with E-state index in [1.54, 1.807) is 26.0 Å². The molecule has 3 aromatic rings. The van der Waals surface area contributed by atoms with Crippen LogP contribution in [0.2, 0.25) is 0 Å². The zero-order valence-electron chi connectivity index (χ0n) is 16.2. The number of rotatable bonds is 6. The molecule has 1 aromatic heterocycles. The number of nitrogens with one attached hydrogen (secondary N) is 2. The third-order valence-electron chi connectivity index (χ3n) is 4.51. The molecule has 8 heteroatoms. The summed E-state index contributed by atoms with van der Waals surface area (Å²) in [5, 5.41) is 10.7. The van der Waals surface area contributed by atoms with Gasteiger partial charge in [0.15, 0.2) is 0 Å². The quantitative estimate of drug-likeness (QED) is 0.620. The van der Waals surface area contributed by atoms with Crippen LogP contribution in [0.25, 0.3) is 10.8 Å². The molecule has 0 radical (unpaired) electrons. The minimum atomic E-state index is -0.449. The molecule has 7 nitrogen and oxygen atoms in total. The molecule has 0 aliphatic heterocycles. The molecule has 0 unspecified atom stereocenters. The smallest absolute Gasteiger partial charge is 0.275 e. The summed E-state index contributed by atoms with van der Waals surface area (Å²) >= 11 is 0. The molecule has 0 atom stereocenters. The van der Waals surface area contributed by atoms with Gasteiger partial charge in [-0.25, -0.2) is 9.07 Å². The van der Waals surface area contributed by atoms with Crippen LogP contribution in [0.15, 0.2) is 47.3 Å². The molecular formula is C21H21FN4O3. The third-order valence-corrected chi connectivity index (χ3v) is 4.51. The lowest BCUT2D eigenvalue weighted by Crippen LogP contribution is -2.38. The monoisotopic (exact) mass is 396 g/mol. The van der Waals surface area contributed by atoms with E-state index in [0.717, 1.165) is 10.1 Å². The first-order valence-electron chi connectivity index (χ1n) is 9.14. The van der Waals surface area contributed by atoms with Gasteiger partial charge in [-0.15, -0.1) is 0 Å². The number of hydrogen-bond donors (Lipinski definition) is 2. The highest BCUT2D eigenvalue weighted by atomic mass is 19.1. The summed E-state index contributed by atoms with van der Waals surface area (Å²) in [5.41, 5.74) is 0.991. The van der Waals surface area contributed by atoms with E-state index >= 15 is 0 Å². The Morgan fingerprint density at radius 3 is 2.45 bits per heavy atom. The summed E-state index contributed by atoms with van der Waals surface area (Å²) in [5.74, 6) is -1.28. The fourth-order valence-electron chi connectivity index (χ4n) is 2.92. The Morgan fingerprint density at radius 2 is 1.72 bits per heavy atom. The van der Waals surface area contributed by atoms with Gasteiger partial charge in [0.2, 0.25) is 5.91 Å². The lowest BCUT2D eigenvalue weighted by Gasteiger charge is -2.10. The van der Waals surface area contributed by atoms with Crippen molar-refractivity contribution in [1.29, 1.82) is 0 Å². The van der Waals surface area contributed by atoms with E-state index in [4.69, 9.17) is 0 Å². The number of benzene rings is 2. The molecule has 1 heterocycles. The first kappa shape index (κ1) is 20.2. The number of carbonyl (C=O) groups is 2. The highest BCUT2D eigenvalue weighted by Gasteiger charge is 2.11. The van der Waals surface area contributed by atoms with Crippen molar-refractivity contribution < 1.29 is 14.0 Å². The largest absolute Gasteiger partial charge is 0.353 e. The van der Waals surface area contributed by atoms with Crippen molar-refractivity contribution in [3.05, 3.63) is 75.5 Å². The third kappa shape index (κ3) is 4.66. The van der Waals surface area contributed by atoms with Gasteiger partial charge in [0.05, 0.1) is 11.1 Å². The topological polar surface area (TPSA) is 93.1 Å². The van der Waals surface area contributed by atoms with Gasteiger partial charge >= 0.3 is 0 Å². The fourth-order valence-corrected chi connectivity index (χ4v) is 2.92. The van der Waals surface area contributed by atoms with Gasteiger partial charge < -0.3 is 10.6 Å². The maximum Gasteiger partial charge on any atom is 0.275 e. The number of nitrogens with zero attached hydrogens (tertiary/aromatic N) is 2. The first-order valence-corrected chi connectivity index (χ1v) is 9.14. The molecule has 0 spiro atoms. The Morgan fingerprint density at radius 1 is 1.03 bits per heavy atom. The van der Waals surface area contributed by atoms with Crippen molar-refractivity contribution in [3.8, 4) is 0 Å². The average Bonchev–Trinajstić information content (AvgIpc) is 2.71. The average molecular weight is 396 g/mol. The van der Waals surface area contributed by atoms with Crippen molar-refractivity contribution >= 4 is 22.6 Å². The van der Waals surface area contributed by atoms with Crippen LogP contribution < -0.4 is 16.2 Å². The van der Waals surface area contributed by atoms with E-state index in [-0.39, 0.29) is 30.8 Å². The minimum Gasteiger partial charge on any atom is -0.353 e. The van der Waals surface area contributed by atoms with E-state index < -0.39 is 17.6 Å². The van der Waals surface area contributed by atoms with Crippen LogP contribution in [0.5, 0.6) is 0 Å². The second kappa shape index (κ2) is 8.64. The summed E-state index contributed by atoms with van der Waals surface area (Å²) < 4.78 is 14.7. The molecule has 0 aliphatic rings. The molecule has 0 saturated heterocycles. The Balaban J connectivity index is 1.53. The molecule has 2 N–H and O–H groups in total. The summed E-state index contributed by atoms with van der Waals surface area (Å²) in [7, 11) is 0. The lowest BCUT2D eigenvalue weighted by atomic mass is 10.1. The van der Waals surface area contributed by atoms with Crippen LogP contribution in [0, 0.1) is 19.7 Å². The lowest BCUT2D eigenvalue weighted by molar-refractivity contribution is -0.121. The number of amides is 2. The fraction of sp³-hybridized carbons (Fsp3) is 0.238. The Kier molecular flexibility index (Phi) is 6.01. The van der Waals surface area contributed by atoms with E-state index in [9.17, 15) is 18.8 Å². The van der Waals surface area contributed by atoms with Crippen LogP contribution in [-0.2, 0) is 11.3 Å². The molecule has 29 heavy (non-hydrogen) atoms. The Hall–Kier alpha value is -3.55. The van der Waals surface area contributed by atoms with Crippen LogP contribution in [0.3, 0.4) is 0 Å². The van der Waals surface area contributed by atoms with E-state index in [1.807, 2.05) is 12.1 Å². The van der Waals surface area contributed by atoms with Gasteiger partial charge in [-0.05, 0) is 37.6 Å². The van der Waals surface area contributed by atoms with Gasteiger partial charge in [0.1, 0.15) is 12.4 Å². The summed E-state index contributed by atoms with van der Waals surface area (Å²) in [6, 6.07) is 11.3. The zero-order valence-corrected chi connectivity index (χ0v) is 16.2. The van der Waals surface area contributed by atoms with E-state index in [0.29, 0.717) is 16.6 Å². The summed E-state index contributed by atoms with van der Waals surface area (Å²) in [4.78, 5) is 36.6. The van der Waals surface area contributed by atoms with Crippen molar-refractivity contribution in [2.45, 2.75) is 20.4 Å². The summed E-state index contributed by atoms with van der Waals surface area (Å²) in [6.07, 6.45) is 0. The Labute approximate surface area is 166 Å². The molecule has 2 aromatic carbocycles. The molecule has 150 valence electrons. The molecule has 0 saturated carbocycles. The van der Waals surface area contributed by atoms with Crippen molar-refractivity contribution in [3.63, 3.8) is 0 Å². The first-order chi connectivity index (χ1) is 13.9.